The Morgan fingerprint density at radius 3 is 2.73 bits per heavy atom. The lowest BCUT2D eigenvalue weighted by Gasteiger charge is -2.43. The van der Waals surface area contributed by atoms with E-state index >= 15 is 0 Å². The summed E-state index contributed by atoms with van der Waals surface area (Å²) >= 11 is 0. The lowest BCUT2D eigenvalue weighted by atomic mass is 9.82. The van der Waals surface area contributed by atoms with E-state index in [9.17, 15) is 9.59 Å². The van der Waals surface area contributed by atoms with Crippen molar-refractivity contribution in [3.63, 3.8) is 0 Å². The minimum atomic E-state index is -0.0286. The molecule has 2 aliphatic heterocycles. The SMILES string of the molecule is COc1ccc(C(=O)N2C[C@@H]3C[C@H](C2)c2cc(-c4cccnc4)cc(=O)n2C3)cn1. The molecule has 2 aliphatic rings. The largest absolute Gasteiger partial charge is 0.481 e. The van der Waals surface area contributed by atoms with E-state index in [1.54, 1.807) is 43.9 Å². The van der Waals surface area contributed by atoms with Crippen LogP contribution in [0.4, 0.5) is 0 Å². The summed E-state index contributed by atoms with van der Waals surface area (Å²) in [6.07, 6.45) is 6.04. The Morgan fingerprint density at radius 2 is 2.00 bits per heavy atom. The number of carbonyl (C=O) groups excluding carboxylic acids is 1. The number of fused-ring (bicyclic) bond motifs is 4. The minimum Gasteiger partial charge on any atom is -0.481 e. The van der Waals surface area contributed by atoms with Crippen LogP contribution in [0.1, 0.15) is 28.4 Å². The molecule has 3 aromatic rings. The second kappa shape index (κ2) is 7.40. The van der Waals surface area contributed by atoms with Gasteiger partial charge in [-0.05, 0) is 36.1 Å². The molecule has 0 unspecified atom stereocenters. The van der Waals surface area contributed by atoms with E-state index in [1.165, 1.54) is 0 Å². The topological polar surface area (TPSA) is 77.3 Å². The molecule has 5 rings (SSSR count). The molecule has 0 saturated carbocycles. The second-order valence-corrected chi connectivity index (χ2v) is 7.96. The van der Waals surface area contributed by atoms with Gasteiger partial charge in [0.1, 0.15) is 0 Å². The number of pyridine rings is 3. The van der Waals surface area contributed by atoms with Crippen molar-refractivity contribution in [3.05, 3.63) is 76.6 Å². The molecule has 5 heterocycles. The van der Waals surface area contributed by atoms with Gasteiger partial charge in [0, 0.05) is 67.5 Å². The number of hydrogen-bond donors (Lipinski definition) is 0. The molecule has 0 aromatic carbocycles. The molecule has 7 nitrogen and oxygen atoms in total. The number of rotatable bonds is 3. The van der Waals surface area contributed by atoms with Crippen molar-refractivity contribution in [2.45, 2.75) is 18.9 Å². The zero-order valence-electron chi connectivity index (χ0n) is 16.7. The first-order valence-electron chi connectivity index (χ1n) is 10.1. The highest BCUT2D eigenvalue weighted by Gasteiger charge is 2.37. The van der Waals surface area contributed by atoms with Gasteiger partial charge in [-0.1, -0.05) is 6.07 Å². The molecular weight excluding hydrogens is 380 g/mol. The molecule has 30 heavy (non-hydrogen) atoms. The van der Waals surface area contributed by atoms with E-state index in [2.05, 4.69) is 16.0 Å². The Kier molecular flexibility index (Phi) is 4.58. The predicted octanol–water partition coefficient (Wildman–Crippen LogP) is 2.57. The Morgan fingerprint density at radius 1 is 1.10 bits per heavy atom. The first-order valence-corrected chi connectivity index (χ1v) is 10.1. The molecule has 152 valence electrons. The van der Waals surface area contributed by atoms with Crippen molar-refractivity contribution < 1.29 is 9.53 Å². The van der Waals surface area contributed by atoms with Gasteiger partial charge in [-0.2, -0.15) is 0 Å². The average molecular weight is 402 g/mol. The summed E-state index contributed by atoms with van der Waals surface area (Å²) in [7, 11) is 1.55. The fourth-order valence-electron chi connectivity index (χ4n) is 4.64. The van der Waals surface area contributed by atoms with Crippen molar-refractivity contribution in [1.29, 1.82) is 0 Å². The molecule has 7 heteroatoms. The van der Waals surface area contributed by atoms with Crippen LogP contribution in [0, 0.1) is 5.92 Å². The number of amides is 1. The van der Waals surface area contributed by atoms with E-state index < -0.39 is 0 Å². The zero-order valence-corrected chi connectivity index (χ0v) is 16.7. The van der Waals surface area contributed by atoms with Gasteiger partial charge in [-0.15, -0.1) is 0 Å². The van der Waals surface area contributed by atoms with Crippen molar-refractivity contribution in [3.8, 4) is 17.0 Å². The van der Waals surface area contributed by atoms with Gasteiger partial charge in [0.05, 0.1) is 12.7 Å². The number of ether oxygens (including phenoxy) is 1. The van der Waals surface area contributed by atoms with Crippen LogP contribution < -0.4 is 10.3 Å². The van der Waals surface area contributed by atoms with Crippen LogP contribution in [0.3, 0.4) is 0 Å². The van der Waals surface area contributed by atoms with Crippen LogP contribution in [-0.4, -0.2) is 45.5 Å². The van der Waals surface area contributed by atoms with E-state index in [1.807, 2.05) is 21.6 Å². The third-order valence-corrected chi connectivity index (χ3v) is 6.03. The van der Waals surface area contributed by atoms with E-state index in [-0.39, 0.29) is 23.3 Å². The van der Waals surface area contributed by atoms with Crippen LogP contribution in [-0.2, 0) is 6.54 Å². The van der Waals surface area contributed by atoms with Gasteiger partial charge in [0.25, 0.3) is 11.5 Å². The summed E-state index contributed by atoms with van der Waals surface area (Å²) < 4.78 is 6.96. The van der Waals surface area contributed by atoms with E-state index in [4.69, 9.17) is 4.74 Å². The van der Waals surface area contributed by atoms with Gasteiger partial charge < -0.3 is 14.2 Å². The summed E-state index contributed by atoms with van der Waals surface area (Å²) in [5.74, 6) is 0.864. The summed E-state index contributed by atoms with van der Waals surface area (Å²) in [5, 5.41) is 0. The highest BCUT2D eigenvalue weighted by atomic mass is 16.5. The van der Waals surface area contributed by atoms with Crippen molar-refractivity contribution in [1.82, 2.24) is 19.4 Å². The van der Waals surface area contributed by atoms with Crippen LogP contribution in [0.15, 0.2) is 59.8 Å². The first-order chi connectivity index (χ1) is 14.6. The molecule has 0 aliphatic carbocycles. The number of nitrogens with zero attached hydrogens (tertiary/aromatic N) is 4. The molecule has 0 spiro atoms. The second-order valence-electron chi connectivity index (χ2n) is 7.96. The first kappa shape index (κ1) is 18.5. The maximum atomic E-state index is 13.1. The summed E-state index contributed by atoms with van der Waals surface area (Å²) in [6.45, 7) is 1.89. The van der Waals surface area contributed by atoms with Crippen LogP contribution in [0.2, 0.25) is 0 Å². The van der Waals surface area contributed by atoms with Gasteiger partial charge in [0.2, 0.25) is 5.88 Å². The number of likely N-dealkylation sites (tertiary alicyclic amines) is 1. The van der Waals surface area contributed by atoms with Crippen molar-refractivity contribution in [2.75, 3.05) is 20.2 Å². The Hall–Kier alpha value is -3.48. The summed E-state index contributed by atoms with van der Waals surface area (Å²) in [5.41, 5.74) is 3.37. The highest BCUT2D eigenvalue weighted by molar-refractivity contribution is 5.94. The number of aromatic nitrogens is 3. The standard InChI is InChI=1S/C23H22N4O3/c1-30-21-5-4-17(11-25-21)23(29)26-12-15-7-19(14-26)20-8-18(9-22(28)27(20)13-15)16-3-2-6-24-10-16/h2-6,8-11,15,19H,7,12-14H2,1H3/t15-,19+/m0/s1. The highest BCUT2D eigenvalue weighted by Crippen LogP contribution is 2.37. The van der Waals surface area contributed by atoms with Gasteiger partial charge in [-0.25, -0.2) is 4.98 Å². The van der Waals surface area contributed by atoms with Gasteiger partial charge >= 0.3 is 0 Å². The molecule has 1 saturated heterocycles. The number of hydrogen-bond acceptors (Lipinski definition) is 5. The number of methoxy groups -OCH3 is 1. The molecule has 0 radical (unpaired) electrons. The molecule has 1 amide bonds. The third kappa shape index (κ3) is 3.26. The van der Waals surface area contributed by atoms with Crippen LogP contribution in [0.25, 0.3) is 11.1 Å². The minimum absolute atomic E-state index is 0.0141. The fraction of sp³-hybridized carbons (Fsp3) is 0.304. The molecule has 1 fully saturated rings. The summed E-state index contributed by atoms with van der Waals surface area (Å²) in [4.78, 5) is 36.1. The third-order valence-electron chi connectivity index (χ3n) is 6.03. The normalized spacial score (nSPS) is 19.8. The van der Waals surface area contributed by atoms with Crippen LogP contribution >= 0.6 is 0 Å². The summed E-state index contributed by atoms with van der Waals surface area (Å²) in [6, 6.07) is 11.0. The van der Waals surface area contributed by atoms with Crippen LogP contribution in [0.5, 0.6) is 5.88 Å². The quantitative estimate of drug-likeness (QED) is 0.673. The molecule has 0 N–H and O–H groups in total. The maximum absolute atomic E-state index is 13.1. The van der Waals surface area contributed by atoms with Crippen molar-refractivity contribution >= 4 is 5.91 Å². The maximum Gasteiger partial charge on any atom is 0.255 e. The molecule has 2 bridgehead atoms. The fourth-order valence-corrected chi connectivity index (χ4v) is 4.64. The Labute approximate surface area is 174 Å². The molecule has 2 atom stereocenters. The van der Waals surface area contributed by atoms with Gasteiger partial charge in [-0.3, -0.25) is 14.6 Å². The molecular formula is C23H22N4O3. The Balaban J connectivity index is 1.45. The predicted molar refractivity (Wildman–Crippen MR) is 111 cm³/mol. The monoisotopic (exact) mass is 402 g/mol. The number of carbonyl (C=O) groups is 1. The zero-order chi connectivity index (χ0) is 20.7. The van der Waals surface area contributed by atoms with E-state index in [0.717, 1.165) is 23.2 Å². The lowest BCUT2D eigenvalue weighted by Crippen LogP contribution is -2.49. The van der Waals surface area contributed by atoms with Gasteiger partial charge in [0.15, 0.2) is 0 Å². The molecule has 3 aromatic heterocycles. The average Bonchev–Trinajstić information content (AvgIpc) is 2.79. The van der Waals surface area contributed by atoms with Crippen molar-refractivity contribution in [2.24, 2.45) is 5.92 Å². The number of piperidine rings is 1. The Bertz CT molecular complexity index is 1140. The van der Waals surface area contributed by atoms with E-state index in [0.29, 0.717) is 31.1 Å². The lowest BCUT2D eigenvalue weighted by molar-refractivity contribution is 0.0594. The smallest absolute Gasteiger partial charge is 0.255 e.